The van der Waals surface area contributed by atoms with Crippen LogP contribution in [0.2, 0.25) is 0 Å². The second kappa shape index (κ2) is 5.07. The van der Waals surface area contributed by atoms with Crippen LogP contribution in [0.4, 0.5) is 5.13 Å². The molecule has 2 aromatic heterocycles. The molecule has 4 nitrogen and oxygen atoms in total. The molecule has 3 aromatic rings. The molecule has 0 spiro atoms. The van der Waals surface area contributed by atoms with Crippen molar-refractivity contribution in [2.24, 2.45) is 0 Å². The Morgan fingerprint density at radius 1 is 1.39 bits per heavy atom. The van der Waals surface area contributed by atoms with Crippen LogP contribution in [-0.4, -0.2) is 20.9 Å². The van der Waals surface area contributed by atoms with Gasteiger partial charge in [-0.15, -0.1) is 0 Å². The molecule has 0 saturated heterocycles. The van der Waals surface area contributed by atoms with Gasteiger partial charge in [-0.3, -0.25) is 0 Å². The van der Waals surface area contributed by atoms with Crippen molar-refractivity contribution in [3.8, 4) is 0 Å². The van der Waals surface area contributed by atoms with Crippen LogP contribution >= 0.6 is 27.5 Å². The predicted molar refractivity (Wildman–Crippen MR) is 78.1 cm³/mol. The lowest BCUT2D eigenvalue weighted by Gasteiger charge is -2.01. The molecule has 0 fully saturated rings. The van der Waals surface area contributed by atoms with Crippen LogP contribution in [0.3, 0.4) is 0 Å². The Labute approximate surface area is 117 Å². The lowest BCUT2D eigenvalue weighted by molar-refractivity contribution is 1.02. The molecule has 0 radical (unpaired) electrons. The summed E-state index contributed by atoms with van der Waals surface area (Å²) in [6, 6.07) is 6.24. The summed E-state index contributed by atoms with van der Waals surface area (Å²) < 4.78 is 5.06. The molecular formula is C12H11BrN4S. The minimum atomic E-state index is 0.856. The molecule has 0 aliphatic heterocycles. The molecule has 0 atom stereocenters. The zero-order chi connectivity index (χ0) is 12.4. The first-order valence-electron chi connectivity index (χ1n) is 5.59. The van der Waals surface area contributed by atoms with Crippen LogP contribution in [0.15, 0.2) is 35.2 Å². The Bertz CT molecular complexity index is 647. The van der Waals surface area contributed by atoms with E-state index in [1.807, 2.05) is 6.07 Å². The lowest BCUT2D eigenvalue weighted by Crippen LogP contribution is -2.03. The van der Waals surface area contributed by atoms with E-state index in [4.69, 9.17) is 0 Å². The van der Waals surface area contributed by atoms with E-state index >= 15 is 0 Å². The monoisotopic (exact) mass is 322 g/mol. The van der Waals surface area contributed by atoms with Crippen molar-refractivity contribution < 1.29 is 0 Å². The number of H-pyrrole nitrogens is 1. The van der Waals surface area contributed by atoms with Crippen LogP contribution in [0.1, 0.15) is 5.56 Å². The SMILES string of the molecule is Brc1cccc2c(CCNc3ncns3)c[nH]c12. The van der Waals surface area contributed by atoms with E-state index in [1.165, 1.54) is 22.5 Å². The highest BCUT2D eigenvalue weighted by atomic mass is 79.9. The number of hydrogen-bond acceptors (Lipinski definition) is 4. The topological polar surface area (TPSA) is 53.6 Å². The maximum absolute atomic E-state index is 4.09. The number of halogens is 1. The highest BCUT2D eigenvalue weighted by Gasteiger charge is 2.05. The number of nitrogens with one attached hydrogen (secondary N) is 2. The van der Waals surface area contributed by atoms with E-state index in [-0.39, 0.29) is 0 Å². The summed E-state index contributed by atoms with van der Waals surface area (Å²) in [6.45, 7) is 0.856. The molecule has 2 N–H and O–H groups in total. The fraction of sp³-hybridized carbons (Fsp3) is 0.167. The second-order valence-corrected chi connectivity index (χ2v) is 5.53. The number of nitrogens with zero attached hydrogens (tertiary/aromatic N) is 2. The third kappa shape index (κ3) is 2.26. The van der Waals surface area contributed by atoms with Gasteiger partial charge in [0.25, 0.3) is 0 Å². The molecule has 0 aliphatic carbocycles. The lowest BCUT2D eigenvalue weighted by atomic mass is 10.1. The fourth-order valence-electron chi connectivity index (χ4n) is 1.94. The Morgan fingerprint density at radius 3 is 3.17 bits per heavy atom. The van der Waals surface area contributed by atoms with Gasteiger partial charge in [0.1, 0.15) is 6.33 Å². The molecule has 0 amide bonds. The molecule has 0 saturated carbocycles. The zero-order valence-corrected chi connectivity index (χ0v) is 11.9. The van der Waals surface area contributed by atoms with E-state index < -0.39 is 0 Å². The zero-order valence-electron chi connectivity index (χ0n) is 9.48. The van der Waals surface area contributed by atoms with Crippen molar-refractivity contribution in [3.05, 3.63) is 40.8 Å². The molecule has 18 heavy (non-hydrogen) atoms. The molecular weight excluding hydrogens is 312 g/mol. The molecule has 0 bridgehead atoms. The van der Waals surface area contributed by atoms with E-state index in [0.29, 0.717) is 0 Å². The summed E-state index contributed by atoms with van der Waals surface area (Å²) in [6.07, 6.45) is 4.59. The number of para-hydroxylation sites is 1. The standard InChI is InChI=1S/C12H11BrN4S/c13-10-3-1-2-9-8(6-15-11(9)10)4-5-14-12-16-7-17-18-12/h1-3,6-7,15H,4-5H2,(H,14,16,17). The van der Waals surface area contributed by atoms with Gasteiger partial charge in [0.15, 0.2) is 0 Å². The van der Waals surface area contributed by atoms with Gasteiger partial charge in [0, 0.05) is 34.1 Å². The molecule has 0 unspecified atom stereocenters. The van der Waals surface area contributed by atoms with Crippen molar-refractivity contribution in [2.45, 2.75) is 6.42 Å². The van der Waals surface area contributed by atoms with Crippen LogP contribution < -0.4 is 5.32 Å². The predicted octanol–water partition coefficient (Wildman–Crippen LogP) is 3.44. The second-order valence-electron chi connectivity index (χ2n) is 3.90. The third-order valence-corrected chi connectivity index (χ3v) is 4.07. The first-order valence-corrected chi connectivity index (χ1v) is 7.16. The summed E-state index contributed by atoms with van der Waals surface area (Å²) >= 11 is 4.93. The van der Waals surface area contributed by atoms with E-state index in [0.717, 1.165) is 28.1 Å². The molecule has 6 heteroatoms. The quantitative estimate of drug-likeness (QED) is 0.773. The molecule has 3 rings (SSSR count). The number of aromatic nitrogens is 3. The number of benzene rings is 1. The molecule has 1 aromatic carbocycles. The Hall–Kier alpha value is -1.40. The average molecular weight is 323 g/mol. The van der Waals surface area contributed by atoms with Gasteiger partial charge < -0.3 is 10.3 Å². The Morgan fingerprint density at radius 2 is 2.33 bits per heavy atom. The van der Waals surface area contributed by atoms with Crippen LogP contribution in [0.25, 0.3) is 10.9 Å². The van der Waals surface area contributed by atoms with Crippen molar-refractivity contribution in [1.29, 1.82) is 0 Å². The smallest absolute Gasteiger partial charge is 0.202 e. The van der Waals surface area contributed by atoms with Crippen LogP contribution in [-0.2, 0) is 6.42 Å². The first-order chi connectivity index (χ1) is 8.84. The summed E-state index contributed by atoms with van der Waals surface area (Å²) in [5, 5.41) is 5.40. The average Bonchev–Trinajstić information content (AvgIpc) is 3.00. The minimum Gasteiger partial charge on any atom is -0.360 e. The molecule has 0 aliphatic rings. The van der Waals surface area contributed by atoms with E-state index in [9.17, 15) is 0 Å². The fourth-order valence-corrected chi connectivity index (χ4v) is 2.87. The highest BCUT2D eigenvalue weighted by molar-refractivity contribution is 9.10. The summed E-state index contributed by atoms with van der Waals surface area (Å²) in [5.41, 5.74) is 2.46. The number of fused-ring (bicyclic) bond motifs is 1. The molecule has 2 heterocycles. The van der Waals surface area contributed by atoms with Crippen molar-refractivity contribution in [2.75, 3.05) is 11.9 Å². The highest BCUT2D eigenvalue weighted by Crippen LogP contribution is 2.25. The first kappa shape index (κ1) is 11.7. The number of anilines is 1. The minimum absolute atomic E-state index is 0.856. The van der Waals surface area contributed by atoms with Gasteiger partial charge in [-0.05, 0) is 34.0 Å². The largest absolute Gasteiger partial charge is 0.360 e. The van der Waals surface area contributed by atoms with Crippen molar-refractivity contribution in [1.82, 2.24) is 14.3 Å². The van der Waals surface area contributed by atoms with Crippen molar-refractivity contribution in [3.63, 3.8) is 0 Å². The van der Waals surface area contributed by atoms with Gasteiger partial charge in [0.05, 0.1) is 5.52 Å². The van der Waals surface area contributed by atoms with Crippen LogP contribution in [0, 0.1) is 0 Å². The summed E-state index contributed by atoms with van der Waals surface area (Å²) in [4.78, 5) is 7.39. The van der Waals surface area contributed by atoms with Gasteiger partial charge in [0.2, 0.25) is 5.13 Å². The summed E-state index contributed by atoms with van der Waals surface area (Å²) in [5.74, 6) is 0. The third-order valence-electron chi connectivity index (χ3n) is 2.78. The van der Waals surface area contributed by atoms with Crippen molar-refractivity contribution >= 4 is 43.5 Å². The van der Waals surface area contributed by atoms with Gasteiger partial charge in [-0.2, -0.15) is 4.37 Å². The van der Waals surface area contributed by atoms with Gasteiger partial charge >= 0.3 is 0 Å². The maximum Gasteiger partial charge on any atom is 0.202 e. The summed E-state index contributed by atoms with van der Waals surface area (Å²) in [7, 11) is 0. The number of hydrogen-bond donors (Lipinski definition) is 2. The van der Waals surface area contributed by atoms with E-state index in [2.05, 4.69) is 53.9 Å². The molecule has 92 valence electrons. The van der Waals surface area contributed by atoms with Gasteiger partial charge in [-0.25, -0.2) is 4.98 Å². The number of aromatic amines is 1. The van der Waals surface area contributed by atoms with E-state index in [1.54, 1.807) is 6.33 Å². The maximum atomic E-state index is 4.09. The Kier molecular flexibility index (Phi) is 3.29. The normalized spacial score (nSPS) is 10.9. The number of rotatable bonds is 4. The van der Waals surface area contributed by atoms with Crippen LogP contribution in [0.5, 0.6) is 0 Å². The Balaban J connectivity index is 1.73. The van der Waals surface area contributed by atoms with Gasteiger partial charge in [-0.1, -0.05) is 12.1 Å².